The van der Waals surface area contributed by atoms with Crippen LogP contribution in [0.1, 0.15) is 17.5 Å². The highest BCUT2D eigenvalue weighted by Crippen LogP contribution is 2.19. The van der Waals surface area contributed by atoms with Crippen molar-refractivity contribution in [3.05, 3.63) is 65.5 Å². The summed E-state index contributed by atoms with van der Waals surface area (Å²) in [6.45, 7) is 0.276. The molecule has 0 amide bonds. The first-order chi connectivity index (χ1) is 10.3. The predicted molar refractivity (Wildman–Crippen MR) is 80.6 cm³/mol. The van der Waals surface area contributed by atoms with Gasteiger partial charge in [-0.2, -0.15) is 0 Å². The zero-order chi connectivity index (χ0) is 14.9. The van der Waals surface area contributed by atoms with Gasteiger partial charge in [0, 0.05) is 0 Å². The highest BCUT2D eigenvalue weighted by molar-refractivity contribution is 5.46. The highest BCUT2D eigenvalue weighted by atomic mass is 19.1. The number of aliphatic hydroxyl groups excluding tert-OH is 1. The van der Waals surface area contributed by atoms with E-state index in [1.165, 1.54) is 17.7 Å². The average molecular weight is 284 g/mol. The van der Waals surface area contributed by atoms with Crippen molar-refractivity contribution in [1.82, 2.24) is 0 Å². The molecule has 0 radical (unpaired) electrons. The third kappa shape index (κ3) is 4.94. The van der Waals surface area contributed by atoms with Gasteiger partial charge in [-0.25, -0.2) is 4.39 Å². The first-order valence-corrected chi connectivity index (χ1v) is 6.85. The van der Waals surface area contributed by atoms with Gasteiger partial charge in [-0.1, -0.05) is 42.2 Å². The number of aliphatic hydroxyl groups is 1. The van der Waals surface area contributed by atoms with Crippen molar-refractivity contribution in [3.8, 4) is 17.6 Å². The first kappa shape index (κ1) is 15.1. The normalized spacial score (nSPS) is 9.81. The molecule has 0 aliphatic carbocycles. The average Bonchev–Trinajstić information content (AvgIpc) is 2.52. The second-order valence-electron chi connectivity index (χ2n) is 4.54. The monoisotopic (exact) mass is 284 g/mol. The maximum absolute atomic E-state index is 13.2. The van der Waals surface area contributed by atoms with Crippen LogP contribution in [0.5, 0.6) is 5.75 Å². The standard InChI is InChI=1S/C18H17FO2/c19-17-10-11-18(16(14-17)9-4-12-20)21-13-5-8-15-6-2-1-3-7-15/h1-3,6-7,10-11,14,20H,5,8,12-13H2. The van der Waals surface area contributed by atoms with E-state index in [-0.39, 0.29) is 12.4 Å². The van der Waals surface area contributed by atoms with Crippen molar-refractivity contribution in [3.63, 3.8) is 0 Å². The van der Waals surface area contributed by atoms with Crippen LogP contribution in [0.3, 0.4) is 0 Å². The van der Waals surface area contributed by atoms with Gasteiger partial charge >= 0.3 is 0 Å². The van der Waals surface area contributed by atoms with Crippen molar-refractivity contribution in [2.45, 2.75) is 12.8 Å². The van der Waals surface area contributed by atoms with Gasteiger partial charge in [0.05, 0.1) is 12.2 Å². The minimum Gasteiger partial charge on any atom is -0.492 e. The Morgan fingerprint density at radius 1 is 1.10 bits per heavy atom. The number of benzene rings is 2. The fourth-order valence-corrected chi connectivity index (χ4v) is 1.96. The molecule has 0 heterocycles. The lowest BCUT2D eigenvalue weighted by Gasteiger charge is -2.08. The number of ether oxygens (including phenoxy) is 1. The van der Waals surface area contributed by atoms with Crippen molar-refractivity contribution in [1.29, 1.82) is 0 Å². The molecule has 0 saturated heterocycles. The minimum atomic E-state index is -0.367. The molecule has 0 unspecified atom stereocenters. The van der Waals surface area contributed by atoms with Crippen LogP contribution >= 0.6 is 0 Å². The summed E-state index contributed by atoms with van der Waals surface area (Å²) in [5, 5.41) is 8.72. The lowest BCUT2D eigenvalue weighted by atomic mass is 10.1. The van der Waals surface area contributed by atoms with Crippen molar-refractivity contribution in [2.75, 3.05) is 13.2 Å². The fourth-order valence-electron chi connectivity index (χ4n) is 1.96. The van der Waals surface area contributed by atoms with Crippen LogP contribution in [0.4, 0.5) is 4.39 Å². The summed E-state index contributed by atoms with van der Waals surface area (Å²) >= 11 is 0. The van der Waals surface area contributed by atoms with Gasteiger partial charge in [0.1, 0.15) is 18.2 Å². The van der Waals surface area contributed by atoms with E-state index in [2.05, 4.69) is 24.0 Å². The van der Waals surface area contributed by atoms with E-state index in [0.29, 0.717) is 17.9 Å². The van der Waals surface area contributed by atoms with Gasteiger partial charge < -0.3 is 9.84 Å². The fraction of sp³-hybridized carbons (Fsp3) is 0.222. The van der Waals surface area contributed by atoms with Crippen LogP contribution in [-0.4, -0.2) is 18.3 Å². The molecule has 0 saturated carbocycles. The van der Waals surface area contributed by atoms with E-state index in [0.717, 1.165) is 12.8 Å². The highest BCUT2D eigenvalue weighted by Gasteiger charge is 2.03. The van der Waals surface area contributed by atoms with Gasteiger partial charge in [-0.05, 0) is 36.6 Å². The molecule has 2 aromatic carbocycles. The molecule has 0 fully saturated rings. The zero-order valence-corrected chi connectivity index (χ0v) is 11.7. The second-order valence-corrected chi connectivity index (χ2v) is 4.54. The van der Waals surface area contributed by atoms with E-state index in [1.54, 1.807) is 6.07 Å². The molecule has 0 spiro atoms. The molecule has 2 rings (SSSR count). The van der Waals surface area contributed by atoms with Gasteiger partial charge in [0.25, 0.3) is 0 Å². The Hall–Kier alpha value is -2.31. The lowest BCUT2D eigenvalue weighted by Crippen LogP contribution is -2.01. The summed E-state index contributed by atoms with van der Waals surface area (Å²) in [7, 11) is 0. The SMILES string of the molecule is OCC#Cc1cc(F)ccc1OCCCc1ccccc1. The molecule has 108 valence electrons. The summed E-state index contributed by atoms with van der Waals surface area (Å²) in [4.78, 5) is 0. The molecule has 1 N–H and O–H groups in total. The number of halogens is 1. The third-order valence-electron chi connectivity index (χ3n) is 2.95. The molecule has 0 aromatic heterocycles. The largest absolute Gasteiger partial charge is 0.492 e. The van der Waals surface area contributed by atoms with E-state index in [1.807, 2.05) is 18.2 Å². The Labute approximate surface area is 124 Å². The smallest absolute Gasteiger partial charge is 0.135 e. The summed E-state index contributed by atoms with van der Waals surface area (Å²) in [6, 6.07) is 14.4. The third-order valence-corrected chi connectivity index (χ3v) is 2.95. The number of hydrogen-bond acceptors (Lipinski definition) is 2. The summed E-state index contributed by atoms with van der Waals surface area (Å²) in [5.74, 6) is 5.38. The van der Waals surface area contributed by atoms with Crippen LogP contribution in [-0.2, 0) is 6.42 Å². The first-order valence-electron chi connectivity index (χ1n) is 6.85. The zero-order valence-electron chi connectivity index (χ0n) is 11.7. The summed E-state index contributed by atoms with van der Waals surface area (Å²) in [6.07, 6.45) is 1.80. The van der Waals surface area contributed by atoms with Crippen molar-refractivity contribution in [2.24, 2.45) is 0 Å². The Kier molecular flexibility index (Phi) is 5.81. The maximum Gasteiger partial charge on any atom is 0.135 e. The van der Waals surface area contributed by atoms with E-state index >= 15 is 0 Å². The number of aryl methyl sites for hydroxylation is 1. The van der Waals surface area contributed by atoms with Gasteiger partial charge in [-0.3, -0.25) is 0 Å². The number of hydrogen-bond donors (Lipinski definition) is 1. The van der Waals surface area contributed by atoms with E-state index < -0.39 is 0 Å². The van der Waals surface area contributed by atoms with Crippen LogP contribution in [0, 0.1) is 17.7 Å². The molecule has 0 atom stereocenters. The topological polar surface area (TPSA) is 29.5 Å². The molecular formula is C18H17FO2. The van der Waals surface area contributed by atoms with Gasteiger partial charge in [-0.15, -0.1) is 0 Å². The van der Waals surface area contributed by atoms with Crippen LogP contribution in [0.25, 0.3) is 0 Å². The molecule has 3 heteroatoms. The second kappa shape index (κ2) is 8.08. The summed E-state index contributed by atoms with van der Waals surface area (Å²) < 4.78 is 18.9. The quantitative estimate of drug-likeness (QED) is 0.675. The van der Waals surface area contributed by atoms with Crippen LogP contribution in [0.2, 0.25) is 0 Å². The molecule has 0 bridgehead atoms. The molecule has 2 nitrogen and oxygen atoms in total. The van der Waals surface area contributed by atoms with Gasteiger partial charge in [0.15, 0.2) is 0 Å². The molecule has 0 aliphatic rings. The van der Waals surface area contributed by atoms with Gasteiger partial charge in [0.2, 0.25) is 0 Å². The van der Waals surface area contributed by atoms with E-state index in [4.69, 9.17) is 9.84 Å². The molecule has 2 aromatic rings. The Morgan fingerprint density at radius 3 is 2.67 bits per heavy atom. The van der Waals surface area contributed by atoms with Crippen molar-refractivity contribution < 1.29 is 14.2 Å². The van der Waals surface area contributed by atoms with Crippen LogP contribution in [0.15, 0.2) is 48.5 Å². The lowest BCUT2D eigenvalue weighted by molar-refractivity contribution is 0.309. The van der Waals surface area contributed by atoms with Crippen LogP contribution < -0.4 is 4.74 Å². The Balaban J connectivity index is 1.91. The number of rotatable bonds is 5. The maximum atomic E-state index is 13.2. The molecule has 21 heavy (non-hydrogen) atoms. The summed E-state index contributed by atoms with van der Waals surface area (Å²) in [5.41, 5.74) is 1.73. The van der Waals surface area contributed by atoms with Crippen molar-refractivity contribution >= 4 is 0 Å². The Bertz CT molecular complexity index is 627. The molecular weight excluding hydrogens is 267 g/mol. The van der Waals surface area contributed by atoms with E-state index in [9.17, 15) is 4.39 Å². The Morgan fingerprint density at radius 2 is 1.90 bits per heavy atom. The molecule has 0 aliphatic heterocycles. The predicted octanol–water partition coefficient (Wildman–Crippen LogP) is 3.18. The minimum absolute atomic E-state index is 0.260.